The number of carbonyl (C=O) groups is 1. The maximum atomic E-state index is 11.6. The summed E-state index contributed by atoms with van der Waals surface area (Å²) in [5.74, 6) is 2.68. The predicted octanol–water partition coefficient (Wildman–Crippen LogP) is 2.85. The molecule has 152 valence electrons. The molecule has 3 heterocycles. The molecule has 0 bridgehead atoms. The number of benzene rings is 1. The molecule has 3 aromatic rings. The van der Waals surface area contributed by atoms with E-state index in [0.29, 0.717) is 36.0 Å². The Balaban J connectivity index is 1.73. The molecule has 1 saturated heterocycles. The lowest BCUT2D eigenvalue weighted by atomic mass is 10.0. The molecule has 0 aliphatic carbocycles. The lowest BCUT2D eigenvalue weighted by Gasteiger charge is -2.19. The monoisotopic (exact) mass is 396 g/mol. The van der Waals surface area contributed by atoms with E-state index in [1.807, 2.05) is 38.1 Å². The second-order valence-electron chi connectivity index (χ2n) is 7.19. The van der Waals surface area contributed by atoms with Gasteiger partial charge in [0.15, 0.2) is 11.5 Å². The van der Waals surface area contributed by atoms with Crippen LogP contribution >= 0.6 is 0 Å². The Bertz CT molecular complexity index is 1060. The molecule has 1 aliphatic rings. The van der Waals surface area contributed by atoms with Crippen LogP contribution in [0.4, 0.5) is 0 Å². The maximum Gasteiger partial charge on any atom is 0.240 e. The van der Waals surface area contributed by atoms with Gasteiger partial charge in [0, 0.05) is 24.4 Å². The fourth-order valence-electron chi connectivity index (χ4n) is 3.56. The van der Waals surface area contributed by atoms with Crippen molar-refractivity contribution in [1.82, 2.24) is 20.3 Å². The second kappa shape index (κ2) is 7.62. The van der Waals surface area contributed by atoms with Gasteiger partial charge < -0.3 is 24.5 Å². The summed E-state index contributed by atoms with van der Waals surface area (Å²) in [7, 11) is 3.20. The molecule has 8 nitrogen and oxygen atoms in total. The topological polar surface area (TPSA) is 98.4 Å². The number of pyridine rings is 1. The minimum Gasteiger partial charge on any atom is -0.493 e. The van der Waals surface area contributed by atoms with Gasteiger partial charge in [0.1, 0.15) is 17.4 Å². The van der Waals surface area contributed by atoms with Gasteiger partial charge in [-0.1, -0.05) is 0 Å². The first kappa shape index (κ1) is 19.0. The molecular formula is C21H24N4O4. The van der Waals surface area contributed by atoms with Crippen LogP contribution in [0.3, 0.4) is 0 Å². The summed E-state index contributed by atoms with van der Waals surface area (Å²) >= 11 is 0. The summed E-state index contributed by atoms with van der Waals surface area (Å²) in [5.41, 5.74) is 3.09. The summed E-state index contributed by atoms with van der Waals surface area (Å²) in [6.07, 6.45) is 0.288. The lowest BCUT2D eigenvalue weighted by molar-refractivity contribution is -0.119. The van der Waals surface area contributed by atoms with Crippen LogP contribution in [0.1, 0.15) is 19.2 Å². The van der Waals surface area contributed by atoms with Gasteiger partial charge >= 0.3 is 0 Å². The van der Waals surface area contributed by atoms with Crippen molar-refractivity contribution in [1.29, 1.82) is 0 Å². The molecule has 1 aromatic carbocycles. The van der Waals surface area contributed by atoms with Crippen molar-refractivity contribution >= 4 is 16.9 Å². The van der Waals surface area contributed by atoms with E-state index in [4.69, 9.17) is 19.2 Å². The van der Waals surface area contributed by atoms with Gasteiger partial charge in [0.25, 0.3) is 0 Å². The number of hydrogen-bond acceptors (Lipinski definition) is 6. The van der Waals surface area contributed by atoms with Gasteiger partial charge in [0.05, 0.1) is 25.4 Å². The van der Waals surface area contributed by atoms with Crippen LogP contribution < -0.4 is 19.5 Å². The number of aromatic amines is 1. The Labute approximate surface area is 168 Å². The summed E-state index contributed by atoms with van der Waals surface area (Å²) < 4.78 is 16.9. The van der Waals surface area contributed by atoms with Gasteiger partial charge in [-0.25, -0.2) is 9.97 Å². The van der Waals surface area contributed by atoms with Crippen molar-refractivity contribution in [3.63, 3.8) is 0 Å². The number of amides is 1. The van der Waals surface area contributed by atoms with Crippen molar-refractivity contribution in [2.24, 2.45) is 5.92 Å². The number of carbonyl (C=O) groups excluding carboxylic acids is 1. The number of imidazole rings is 1. The SMILES string of the molecule is COc1ccc(-c2cc3nc(C)[nH]c3c(OC(C)C3CNC(=O)C3)n2)cc1OC. The third-order valence-corrected chi connectivity index (χ3v) is 5.21. The molecule has 0 saturated carbocycles. The van der Waals surface area contributed by atoms with E-state index in [2.05, 4.69) is 15.3 Å². The van der Waals surface area contributed by atoms with Crippen LogP contribution in [0.5, 0.6) is 17.4 Å². The molecule has 1 fully saturated rings. The van der Waals surface area contributed by atoms with E-state index < -0.39 is 0 Å². The normalized spacial score (nSPS) is 17.2. The first-order chi connectivity index (χ1) is 14.0. The number of ether oxygens (including phenoxy) is 3. The average Bonchev–Trinajstić information content (AvgIpc) is 3.32. The molecule has 8 heteroatoms. The Kier molecular flexibility index (Phi) is 5.00. The first-order valence-electron chi connectivity index (χ1n) is 9.51. The maximum absolute atomic E-state index is 11.6. The largest absolute Gasteiger partial charge is 0.493 e. The smallest absolute Gasteiger partial charge is 0.240 e. The molecule has 29 heavy (non-hydrogen) atoms. The Morgan fingerprint density at radius 3 is 2.62 bits per heavy atom. The number of fused-ring (bicyclic) bond motifs is 1. The van der Waals surface area contributed by atoms with Crippen LogP contribution in [-0.4, -0.2) is 47.7 Å². The summed E-state index contributed by atoms with van der Waals surface area (Å²) in [5, 5.41) is 2.85. The second-order valence-corrected chi connectivity index (χ2v) is 7.19. The molecule has 2 aromatic heterocycles. The van der Waals surface area contributed by atoms with E-state index in [1.165, 1.54) is 0 Å². The molecule has 0 radical (unpaired) electrons. The van der Waals surface area contributed by atoms with Crippen LogP contribution in [0.25, 0.3) is 22.3 Å². The van der Waals surface area contributed by atoms with Crippen molar-refractivity contribution in [2.75, 3.05) is 20.8 Å². The molecule has 2 unspecified atom stereocenters. The van der Waals surface area contributed by atoms with Crippen LogP contribution in [0, 0.1) is 12.8 Å². The van der Waals surface area contributed by atoms with E-state index in [0.717, 1.165) is 22.4 Å². The highest BCUT2D eigenvalue weighted by Gasteiger charge is 2.29. The number of H-pyrrole nitrogens is 1. The number of hydrogen-bond donors (Lipinski definition) is 2. The average molecular weight is 396 g/mol. The Morgan fingerprint density at radius 1 is 1.14 bits per heavy atom. The standard InChI is InChI=1S/C21H24N4O4/c1-11(14-8-19(26)22-10-14)29-21-20-16(23-12(2)24-20)9-15(25-21)13-5-6-17(27-3)18(7-13)28-4/h5-7,9,11,14H,8,10H2,1-4H3,(H,22,26)(H,23,24). The molecule has 1 amide bonds. The van der Waals surface area contributed by atoms with Crippen molar-refractivity contribution in [3.05, 3.63) is 30.1 Å². The van der Waals surface area contributed by atoms with Crippen molar-refractivity contribution in [2.45, 2.75) is 26.4 Å². The van der Waals surface area contributed by atoms with E-state index in [1.54, 1.807) is 14.2 Å². The number of nitrogens with zero attached hydrogens (tertiary/aromatic N) is 2. The van der Waals surface area contributed by atoms with Gasteiger partial charge in [-0.2, -0.15) is 0 Å². The zero-order valence-electron chi connectivity index (χ0n) is 16.9. The van der Waals surface area contributed by atoms with Gasteiger partial charge in [-0.15, -0.1) is 0 Å². The van der Waals surface area contributed by atoms with E-state index in [-0.39, 0.29) is 17.9 Å². The number of rotatable bonds is 6. The fourth-order valence-corrected chi connectivity index (χ4v) is 3.56. The minimum atomic E-state index is -0.172. The number of methoxy groups -OCH3 is 2. The summed E-state index contributed by atoms with van der Waals surface area (Å²) in [6, 6.07) is 7.55. The first-order valence-corrected chi connectivity index (χ1v) is 9.51. The zero-order chi connectivity index (χ0) is 20.5. The summed E-state index contributed by atoms with van der Waals surface area (Å²) in [4.78, 5) is 24.1. The highest BCUT2D eigenvalue weighted by atomic mass is 16.5. The predicted molar refractivity (Wildman–Crippen MR) is 108 cm³/mol. The van der Waals surface area contributed by atoms with E-state index >= 15 is 0 Å². The quantitative estimate of drug-likeness (QED) is 0.665. The van der Waals surface area contributed by atoms with Crippen LogP contribution in [0.15, 0.2) is 24.3 Å². The van der Waals surface area contributed by atoms with Gasteiger partial charge in [-0.3, -0.25) is 4.79 Å². The van der Waals surface area contributed by atoms with Crippen molar-refractivity contribution in [3.8, 4) is 28.6 Å². The lowest BCUT2D eigenvalue weighted by Crippen LogP contribution is -2.26. The van der Waals surface area contributed by atoms with Crippen LogP contribution in [0.2, 0.25) is 0 Å². The highest BCUT2D eigenvalue weighted by molar-refractivity contribution is 5.84. The molecule has 1 aliphatic heterocycles. The number of aryl methyl sites for hydroxylation is 1. The van der Waals surface area contributed by atoms with Gasteiger partial charge in [0.2, 0.25) is 11.8 Å². The summed E-state index contributed by atoms with van der Waals surface area (Å²) in [6.45, 7) is 4.47. The molecule has 2 N–H and O–H groups in total. The Hall–Kier alpha value is -3.29. The number of nitrogens with one attached hydrogen (secondary N) is 2. The minimum absolute atomic E-state index is 0.0556. The Morgan fingerprint density at radius 2 is 1.93 bits per heavy atom. The fraction of sp³-hybridized carbons (Fsp3) is 0.381. The number of aromatic nitrogens is 3. The molecular weight excluding hydrogens is 372 g/mol. The highest BCUT2D eigenvalue weighted by Crippen LogP contribution is 2.34. The molecule has 0 spiro atoms. The van der Waals surface area contributed by atoms with Gasteiger partial charge in [-0.05, 0) is 38.1 Å². The van der Waals surface area contributed by atoms with E-state index in [9.17, 15) is 4.79 Å². The molecule has 4 rings (SSSR count). The van der Waals surface area contributed by atoms with Crippen LogP contribution in [-0.2, 0) is 4.79 Å². The zero-order valence-corrected chi connectivity index (χ0v) is 16.9. The third-order valence-electron chi connectivity index (χ3n) is 5.21. The third kappa shape index (κ3) is 3.70. The van der Waals surface area contributed by atoms with Crippen molar-refractivity contribution < 1.29 is 19.0 Å². The molecule has 2 atom stereocenters.